The molecule has 0 fully saturated rings. The second kappa shape index (κ2) is 8.72. The molecule has 126 valence electrons. The van der Waals surface area contributed by atoms with Gasteiger partial charge in [-0.1, -0.05) is 36.4 Å². The Morgan fingerprint density at radius 2 is 2.00 bits per heavy atom. The lowest BCUT2D eigenvalue weighted by Gasteiger charge is -2.17. The van der Waals surface area contributed by atoms with Crippen LogP contribution in [-0.2, 0) is 11.3 Å². The van der Waals surface area contributed by atoms with Gasteiger partial charge >= 0.3 is 0 Å². The smallest absolute Gasteiger partial charge is 0.210 e. The third kappa shape index (κ3) is 5.43. The number of halogens is 1. The minimum Gasteiger partial charge on any atom is -0.397 e. The van der Waals surface area contributed by atoms with E-state index in [1.165, 1.54) is 12.1 Å². The van der Waals surface area contributed by atoms with Gasteiger partial charge in [-0.3, -0.25) is 4.79 Å². The highest BCUT2D eigenvalue weighted by Gasteiger charge is 2.03. The summed E-state index contributed by atoms with van der Waals surface area (Å²) in [6.07, 6.45) is 3.57. The van der Waals surface area contributed by atoms with Gasteiger partial charge in [0.05, 0.1) is 11.4 Å². The van der Waals surface area contributed by atoms with Crippen LogP contribution in [-0.4, -0.2) is 17.9 Å². The first kappa shape index (κ1) is 17.5. The number of carbonyl (C=O) groups excluding carboxylic acids is 1. The van der Waals surface area contributed by atoms with Crippen molar-refractivity contribution in [1.82, 2.24) is 4.90 Å². The second-order valence-electron chi connectivity index (χ2n) is 5.59. The first-order valence-electron chi connectivity index (χ1n) is 7.80. The molecular weight excluding hydrogens is 305 g/mol. The number of carbonyl (C=O) groups is 1. The molecule has 0 aromatic heterocycles. The van der Waals surface area contributed by atoms with Gasteiger partial charge in [-0.15, -0.1) is 0 Å². The molecule has 0 saturated heterocycles. The van der Waals surface area contributed by atoms with Crippen molar-refractivity contribution in [3.63, 3.8) is 0 Å². The monoisotopic (exact) mass is 327 g/mol. The lowest BCUT2D eigenvalue weighted by atomic mass is 10.2. The molecule has 24 heavy (non-hydrogen) atoms. The minimum atomic E-state index is -0.359. The van der Waals surface area contributed by atoms with Crippen molar-refractivity contribution in [2.75, 3.05) is 17.6 Å². The summed E-state index contributed by atoms with van der Waals surface area (Å²) in [5, 5.41) is 3.14. The molecule has 0 saturated carbocycles. The van der Waals surface area contributed by atoms with Crippen LogP contribution in [0.4, 0.5) is 15.8 Å². The molecule has 0 radical (unpaired) electrons. The molecule has 0 heterocycles. The summed E-state index contributed by atoms with van der Waals surface area (Å²) < 4.78 is 13.0. The quantitative estimate of drug-likeness (QED) is 0.573. The largest absolute Gasteiger partial charge is 0.397 e. The third-order valence-corrected chi connectivity index (χ3v) is 3.59. The van der Waals surface area contributed by atoms with Crippen LogP contribution in [0.5, 0.6) is 0 Å². The Kier molecular flexibility index (Phi) is 6.37. The Balaban J connectivity index is 1.86. The summed E-state index contributed by atoms with van der Waals surface area (Å²) in [6.45, 7) is 3.12. The van der Waals surface area contributed by atoms with Crippen molar-refractivity contribution in [1.29, 1.82) is 0 Å². The molecule has 0 spiro atoms. The number of hydrogen-bond acceptors (Lipinski definition) is 3. The van der Waals surface area contributed by atoms with Gasteiger partial charge in [-0.05, 0) is 37.1 Å². The van der Waals surface area contributed by atoms with E-state index in [1.54, 1.807) is 11.0 Å². The molecule has 0 atom stereocenters. The maximum Gasteiger partial charge on any atom is 0.210 e. The van der Waals surface area contributed by atoms with E-state index < -0.39 is 0 Å². The second-order valence-corrected chi connectivity index (χ2v) is 5.59. The molecule has 4 nitrogen and oxygen atoms in total. The lowest BCUT2D eigenvalue weighted by Crippen LogP contribution is -2.22. The summed E-state index contributed by atoms with van der Waals surface area (Å²) in [5.41, 5.74) is 8.80. The van der Waals surface area contributed by atoms with Gasteiger partial charge in [0.1, 0.15) is 5.82 Å². The summed E-state index contributed by atoms with van der Waals surface area (Å²) in [4.78, 5) is 12.9. The van der Waals surface area contributed by atoms with Crippen molar-refractivity contribution in [2.45, 2.75) is 19.9 Å². The van der Waals surface area contributed by atoms with E-state index >= 15 is 0 Å². The number of allylic oxidation sites excluding steroid dienone is 1. The molecule has 0 aliphatic carbocycles. The van der Waals surface area contributed by atoms with Gasteiger partial charge in [0, 0.05) is 18.8 Å². The number of benzene rings is 2. The Morgan fingerprint density at radius 1 is 1.25 bits per heavy atom. The maximum atomic E-state index is 13.0. The fourth-order valence-corrected chi connectivity index (χ4v) is 2.34. The highest BCUT2D eigenvalue weighted by molar-refractivity contribution is 5.67. The molecule has 2 aromatic rings. The molecule has 0 aliphatic heterocycles. The number of nitrogens with two attached hydrogens (primary N) is 1. The number of nitrogens with one attached hydrogen (secondary N) is 1. The van der Waals surface area contributed by atoms with E-state index in [4.69, 9.17) is 5.73 Å². The zero-order chi connectivity index (χ0) is 17.4. The van der Waals surface area contributed by atoms with Crippen molar-refractivity contribution in [3.05, 3.63) is 71.7 Å². The van der Waals surface area contributed by atoms with E-state index in [0.29, 0.717) is 30.9 Å². The minimum absolute atomic E-state index is 0.359. The highest BCUT2D eigenvalue weighted by atomic mass is 19.1. The molecule has 2 aromatic carbocycles. The van der Waals surface area contributed by atoms with Gasteiger partial charge in [0.2, 0.25) is 6.41 Å². The van der Waals surface area contributed by atoms with Crippen LogP contribution < -0.4 is 11.1 Å². The first-order chi connectivity index (χ1) is 11.6. The van der Waals surface area contributed by atoms with Crippen LogP contribution in [0.2, 0.25) is 0 Å². The Hall–Kier alpha value is -2.82. The maximum absolute atomic E-state index is 13.0. The van der Waals surface area contributed by atoms with Crippen LogP contribution in [0, 0.1) is 5.82 Å². The van der Waals surface area contributed by atoms with E-state index in [2.05, 4.69) is 5.32 Å². The van der Waals surface area contributed by atoms with Gasteiger partial charge in [-0.2, -0.15) is 0 Å². The van der Waals surface area contributed by atoms with E-state index in [1.807, 2.05) is 43.3 Å². The van der Waals surface area contributed by atoms with Crippen LogP contribution in [0.15, 0.2) is 60.3 Å². The van der Waals surface area contributed by atoms with Gasteiger partial charge in [0.25, 0.3) is 0 Å². The van der Waals surface area contributed by atoms with E-state index in [-0.39, 0.29) is 5.82 Å². The molecular formula is C19H22FN3O. The standard InChI is InChI=1S/C19H22FN3O/c1-15(22-19-10-9-17(20)12-18(19)21)6-5-11-23(14-24)13-16-7-3-2-4-8-16/h2-4,6-10,12,14,22H,5,11,13,21H2,1H3/b15-6+. The van der Waals surface area contributed by atoms with Gasteiger partial charge in [0.15, 0.2) is 0 Å². The molecule has 5 heteroatoms. The summed E-state index contributed by atoms with van der Waals surface area (Å²) >= 11 is 0. The fraction of sp³-hybridized carbons (Fsp3) is 0.211. The van der Waals surface area contributed by atoms with Crippen molar-refractivity contribution in [2.24, 2.45) is 0 Å². The third-order valence-electron chi connectivity index (χ3n) is 3.59. The molecule has 2 rings (SSSR count). The van der Waals surface area contributed by atoms with E-state index in [9.17, 15) is 9.18 Å². The van der Waals surface area contributed by atoms with Crippen LogP contribution in [0.1, 0.15) is 18.9 Å². The fourth-order valence-electron chi connectivity index (χ4n) is 2.34. The zero-order valence-corrected chi connectivity index (χ0v) is 13.7. The molecule has 1 amide bonds. The van der Waals surface area contributed by atoms with E-state index in [0.717, 1.165) is 17.7 Å². The summed E-state index contributed by atoms with van der Waals surface area (Å²) in [7, 11) is 0. The van der Waals surface area contributed by atoms with Crippen molar-refractivity contribution in [3.8, 4) is 0 Å². The molecule has 0 unspecified atom stereocenters. The summed E-state index contributed by atoms with van der Waals surface area (Å²) in [6, 6.07) is 14.1. The average molecular weight is 327 g/mol. The number of anilines is 2. The number of nitrogens with zero attached hydrogens (tertiary/aromatic N) is 1. The summed E-state index contributed by atoms with van der Waals surface area (Å²) in [5.74, 6) is -0.359. The molecule has 0 aliphatic rings. The predicted octanol–water partition coefficient (Wildman–Crippen LogP) is 3.77. The van der Waals surface area contributed by atoms with Crippen LogP contribution in [0.25, 0.3) is 0 Å². The molecule has 3 N–H and O–H groups in total. The normalized spacial score (nSPS) is 11.2. The SMILES string of the molecule is C/C(=C\CCN(C=O)Cc1ccccc1)Nc1ccc(F)cc1N. The van der Waals surface area contributed by atoms with Crippen LogP contribution >= 0.6 is 0 Å². The number of amides is 1. The number of hydrogen-bond donors (Lipinski definition) is 2. The Morgan fingerprint density at radius 3 is 2.67 bits per heavy atom. The Labute approximate surface area is 141 Å². The predicted molar refractivity (Wildman–Crippen MR) is 95.7 cm³/mol. The van der Waals surface area contributed by atoms with Crippen molar-refractivity contribution >= 4 is 17.8 Å². The topological polar surface area (TPSA) is 58.4 Å². The van der Waals surface area contributed by atoms with Crippen molar-refractivity contribution < 1.29 is 9.18 Å². The van der Waals surface area contributed by atoms with Crippen LogP contribution in [0.3, 0.4) is 0 Å². The lowest BCUT2D eigenvalue weighted by molar-refractivity contribution is -0.118. The molecule has 0 bridgehead atoms. The zero-order valence-electron chi connectivity index (χ0n) is 13.7. The van der Waals surface area contributed by atoms with Gasteiger partial charge in [-0.25, -0.2) is 4.39 Å². The Bertz CT molecular complexity index is 701. The number of rotatable bonds is 8. The average Bonchev–Trinajstić information content (AvgIpc) is 2.57. The highest BCUT2D eigenvalue weighted by Crippen LogP contribution is 2.20. The van der Waals surface area contributed by atoms with Gasteiger partial charge < -0.3 is 16.0 Å². The number of nitrogen functional groups attached to an aromatic ring is 1. The first-order valence-corrected chi connectivity index (χ1v) is 7.80.